The van der Waals surface area contributed by atoms with Gasteiger partial charge in [-0.25, -0.2) is 0 Å². The third-order valence-corrected chi connectivity index (χ3v) is 3.56. The van der Waals surface area contributed by atoms with Gasteiger partial charge in [0.05, 0.1) is 12.1 Å². The molecule has 0 radical (unpaired) electrons. The average molecular weight is 219 g/mol. The molecule has 1 heterocycles. The van der Waals surface area contributed by atoms with Crippen LogP contribution in [0.4, 0.5) is 0 Å². The van der Waals surface area contributed by atoms with Crippen molar-refractivity contribution < 1.29 is 9.47 Å². The molecule has 1 aromatic rings. The smallest absolute Gasteiger partial charge is 0.124 e. The van der Waals surface area contributed by atoms with Gasteiger partial charge in [0.25, 0.3) is 0 Å². The van der Waals surface area contributed by atoms with E-state index in [2.05, 4.69) is 17.4 Å². The summed E-state index contributed by atoms with van der Waals surface area (Å²) in [4.78, 5) is 0. The van der Waals surface area contributed by atoms with E-state index in [1.54, 1.807) is 7.11 Å². The second kappa shape index (κ2) is 4.07. The monoisotopic (exact) mass is 219 g/mol. The molecule has 0 bridgehead atoms. The molecule has 1 unspecified atom stereocenters. The van der Waals surface area contributed by atoms with E-state index in [1.165, 1.54) is 5.56 Å². The predicted molar refractivity (Wildman–Crippen MR) is 61.6 cm³/mol. The first-order valence-electron chi connectivity index (χ1n) is 5.87. The first-order chi connectivity index (χ1) is 7.86. The van der Waals surface area contributed by atoms with Gasteiger partial charge in [-0.2, -0.15) is 0 Å². The normalized spacial score (nSPS) is 31.7. The highest BCUT2D eigenvalue weighted by atomic mass is 16.5. The fourth-order valence-corrected chi connectivity index (χ4v) is 2.48. The summed E-state index contributed by atoms with van der Waals surface area (Å²) in [6, 6.07) is 9.22. The second-order valence-electron chi connectivity index (χ2n) is 4.59. The molecule has 1 saturated carbocycles. The molecule has 3 rings (SSSR count). The lowest BCUT2D eigenvalue weighted by atomic mass is 9.88. The predicted octanol–water partition coefficient (Wildman–Crippen LogP) is 1.89. The van der Waals surface area contributed by atoms with E-state index in [-0.39, 0.29) is 0 Å². The van der Waals surface area contributed by atoms with Crippen molar-refractivity contribution in [3.63, 3.8) is 0 Å². The third-order valence-electron chi connectivity index (χ3n) is 3.56. The van der Waals surface area contributed by atoms with Gasteiger partial charge in [0.15, 0.2) is 0 Å². The van der Waals surface area contributed by atoms with E-state index in [0.717, 1.165) is 25.2 Å². The van der Waals surface area contributed by atoms with Crippen molar-refractivity contribution in [2.24, 2.45) is 0 Å². The standard InChI is InChI=1S/C13H17NO2/c1-15-10-6-9(7-10)14-12-8-16-13-5-3-2-4-11(12)13/h2-5,9-10,12,14H,6-8H2,1H3. The summed E-state index contributed by atoms with van der Waals surface area (Å²) >= 11 is 0. The Labute approximate surface area is 95.8 Å². The van der Waals surface area contributed by atoms with Crippen LogP contribution in [-0.2, 0) is 4.74 Å². The molecule has 1 aliphatic carbocycles. The van der Waals surface area contributed by atoms with Crippen molar-refractivity contribution in [2.45, 2.75) is 31.0 Å². The molecular weight excluding hydrogens is 202 g/mol. The summed E-state index contributed by atoms with van der Waals surface area (Å²) in [5, 5.41) is 3.63. The lowest BCUT2D eigenvalue weighted by Crippen LogP contribution is -2.46. The first-order valence-corrected chi connectivity index (χ1v) is 5.87. The Morgan fingerprint density at radius 1 is 1.31 bits per heavy atom. The maximum Gasteiger partial charge on any atom is 0.124 e. The molecular formula is C13H17NO2. The topological polar surface area (TPSA) is 30.5 Å². The van der Waals surface area contributed by atoms with E-state index < -0.39 is 0 Å². The minimum Gasteiger partial charge on any atom is -0.491 e. The molecule has 2 aliphatic rings. The molecule has 0 amide bonds. The van der Waals surface area contributed by atoms with Crippen LogP contribution in [0.1, 0.15) is 24.4 Å². The summed E-state index contributed by atoms with van der Waals surface area (Å²) in [5.41, 5.74) is 1.29. The summed E-state index contributed by atoms with van der Waals surface area (Å²) in [6.07, 6.45) is 2.69. The molecule has 0 saturated heterocycles. The summed E-state index contributed by atoms with van der Waals surface area (Å²) in [5.74, 6) is 1.03. The Balaban J connectivity index is 1.62. The summed E-state index contributed by atoms with van der Waals surface area (Å²) in [7, 11) is 1.79. The van der Waals surface area contributed by atoms with Crippen LogP contribution >= 0.6 is 0 Å². The van der Waals surface area contributed by atoms with Crippen LogP contribution in [0, 0.1) is 0 Å². The fourth-order valence-electron chi connectivity index (χ4n) is 2.48. The molecule has 1 aliphatic heterocycles. The molecule has 86 valence electrons. The van der Waals surface area contributed by atoms with Crippen LogP contribution in [0.25, 0.3) is 0 Å². The quantitative estimate of drug-likeness (QED) is 0.842. The zero-order chi connectivity index (χ0) is 11.0. The minimum atomic E-state index is 0.360. The Morgan fingerprint density at radius 2 is 2.12 bits per heavy atom. The van der Waals surface area contributed by atoms with E-state index in [1.807, 2.05) is 12.1 Å². The zero-order valence-electron chi connectivity index (χ0n) is 9.48. The number of rotatable bonds is 3. The van der Waals surface area contributed by atoms with Crippen LogP contribution in [0.2, 0.25) is 0 Å². The van der Waals surface area contributed by atoms with Gasteiger partial charge in [0.2, 0.25) is 0 Å². The lowest BCUT2D eigenvalue weighted by molar-refractivity contribution is 0.0134. The van der Waals surface area contributed by atoms with Crippen LogP contribution in [0.3, 0.4) is 0 Å². The van der Waals surface area contributed by atoms with Crippen LogP contribution in [0.15, 0.2) is 24.3 Å². The maximum absolute atomic E-state index is 5.64. The Bertz CT molecular complexity index is 374. The highest BCUT2D eigenvalue weighted by Gasteiger charge is 2.33. The van der Waals surface area contributed by atoms with Crippen molar-refractivity contribution in [2.75, 3.05) is 13.7 Å². The van der Waals surface area contributed by atoms with E-state index >= 15 is 0 Å². The number of fused-ring (bicyclic) bond motifs is 1. The van der Waals surface area contributed by atoms with Gasteiger partial charge in [-0.15, -0.1) is 0 Å². The minimum absolute atomic E-state index is 0.360. The summed E-state index contributed by atoms with van der Waals surface area (Å²) < 4.78 is 10.9. The van der Waals surface area contributed by atoms with Crippen molar-refractivity contribution in [1.29, 1.82) is 0 Å². The first kappa shape index (κ1) is 10.1. The van der Waals surface area contributed by atoms with Crippen molar-refractivity contribution in [1.82, 2.24) is 5.32 Å². The molecule has 3 nitrogen and oxygen atoms in total. The van der Waals surface area contributed by atoms with Gasteiger partial charge in [-0.1, -0.05) is 18.2 Å². The molecule has 1 aromatic carbocycles. The highest BCUT2D eigenvalue weighted by Crippen LogP contribution is 2.34. The van der Waals surface area contributed by atoms with Gasteiger partial charge >= 0.3 is 0 Å². The Morgan fingerprint density at radius 3 is 2.94 bits per heavy atom. The third kappa shape index (κ3) is 1.70. The Kier molecular flexibility index (Phi) is 2.58. The van der Waals surface area contributed by atoms with E-state index in [4.69, 9.17) is 9.47 Å². The van der Waals surface area contributed by atoms with Gasteiger partial charge in [0.1, 0.15) is 12.4 Å². The lowest BCUT2D eigenvalue weighted by Gasteiger charge is -2.36. The molecule has 1 atom stereocenters. The van der Waals surface area contributed by atoms with Crippen molar-refractivity contribution >= 4 is 0 Å². The van der Waals surface area contributed by atoms with Gasteiger partial charge in [0, 0.05) is 18.7 Å². The Hall–Kier alpha value is -1.06. The molecule has 1 N–H and O–H groups in total. The van der Waals surface area contributed by atoms with Crippen LogP contribution in [0.5, 0.6) is 5.75 Å². The average Bonchev–Trinajstić information content (AvgIpc) is 2.66. The van der Waals surface area contributed by atoms with Gasteiger partial charge in [-0.3, -0.25) is 0 Å². The number of hydrogen-bond donors (Lipinski definition) is 1. The van der Waals surface area contributed by atoms with Crippen molar-refractivity contribution in [3.8, 4) is 5.75 Å². The molecule has 3 heteroatoms. The van der Waals surface area contributed by atoms with E-state index in [0.29, 0.717) is 18.2 Å². The number of ether oxygens (including phenoxy) is 2. The summed E-state index contributed by atoms with van der Waals surface area (Å²) in [6.45, 7) is 0.757. The van der Waals surface area contributed by atoms with Gasteiger partial charge in [-0.05, 0) is 18.9 Å². The molecule has 1 fully saturated rings. The number of para-hydroxylation sites is 1. The number of benzene rings is 1. The van der Waals surface area contributed by atoms with E-state index in [9.17, 15) is 0 Å². The molecule has 0 spiro atoms. The number of hydrogen-bond acceptors (Lipinski definition) is 3. The van der Waals surface area contributed by atoms with Gasteiger partial charge < -0.3 is 14.8 Å². The molecule has 16 heavy (non-hydrogen) atoms. The zero-order valence-corrected chi connectivity index (χ0v) is 9.48. The maximum atomic E-state index is 5.64. The second-order valence-corrected chi connectivity index (χ2v) is 4.59. The van der Waals surface area contributed by atoms with Crippen LogP contribution < -0.4 is 10.1 Å². The van der Waals surface area contributed by atoms with Crippen LogP contribution in [-0.4, -0.2) is 25.9 Å². The highest BCUT2D eigenvalue weighted by molar-refractivity contribution is 5.39. The fraction of sp³-hybridized carbons (Fsp3) is 0.538. The van der Waals surface area contributed by atoms with Crippen molar-refractivity contribution in [3.05, 3.63) is 29.8 Å². The number of methoxy groups -OCH3 is 1. The molecule has 0 aromatic heterocycles. The SMILES string of the molecule is COC1CC(NC2COc3ccccc32)C1. The largest absolute Gasteiger partial charge is 0.491 e. The number of nitrogens with one attached hydrogen (secondary N) is 1.